The molecule has 0 aromatic heterocycles. The smallest absolute Gasteiger partial charge is 0.329 e. The fourth-order valence-corrected chi connectivity index (χ4v) is 4.63. The topological polar surface area (TPSA) is 222 Å². The number of esters is 4. The third kappa shape index (κ3) is 17.1. The third-order valence-electron chi connectivity index (χ3n) is 6.69. The van der Waals surface area contributed by atoms with Gasteiger partial charge in [-0.1, -0.05) is 55.4 Å². The molecule has 48 heavy (non-hydrogen) atoms. The highest BCUT2D eigenvalue weighted by Crippen LogP contribution is 2.11. The Morgan fingerprint density at radius 2 is 0.562 bits per heavy atom. The Kier molecular flexibility index (Phi) is 18.2. The van der Waals surface area contributed by atoms with Gasteiger partial charge in [-0.05, 0) is 49.4 Å². The van der Waals surface area contributed by atoms with Crippen LogP contribution in [0.25, 0.3) is 0 Å². The minimum Gasteiger partial charge on any atom is -0.454 e. The second-order valence-corrected chi connectivity index (χ2v) is 13.4. The van der Waals surface area contributed by atoms with E-state index in [4.69, 9.17) is 18.9 Å². The monoisotopic (exact) mass is 684 g/mol. The Morgan fingerprint density at radius 3 is 0.708 bits per heavy atom. The zero-order valence-electron chi connectivity index (χ0n) is 29.2. The van der Waals surface area contributed by atoms with Gasteiger partial charge in [0.15, 0.2) is 26.4 Å². The van der Waals surface area contributed by atoms with Crippen LogP contribution in [0.4, 0.5) is 0 Å². The van der Waals surface area contributed by atoms with Gasteiger partial charge in [0, 0.05) is 0 Å². The van der Waals surface area contributed by atoms with Crippen molar-refractivity contribution in [2.24, 2.45) is 23.7 Å². The fraction of sp³-hybridized carbons (Fsp3) is 0.750. The first kappa shape index (κ1) is 41.8. The summed E-state index contributed by atoms with van der Waals surface area (Å²) in [5, 5.41) is 9.75. The Balaban J connectivity index is 3.29. The van der Waals surface area contributed by atoms with E-state index in [9.17, 15) is 38.4 Å². The Hall–Kier alpha value is -4.24. The van der Waals surface area contributed by atoms with Gasteiger partial charge in [0.05, 0.1) is 0 Å². The van der Waals surface area contributed by atoms with E-state index in [1.54, 1.807) is 55.4 Å². The van der Waals surface area contributed by atoms with E-state index in [1.807, 2.05) is 0 Å². The fourth-order valence-electron chi connectivity index (χ4n) is 4.63. The quantitative estimate of drug-likeness (QED) is 0.200. The van der Waals surface area contributed by atoms with Gasteiger partial charge < -0.3 is 40.2 Å². The molecule has 4 unspecified atom stereocenters. The second-order valence-electron chi connectivity index (χ2n) is 13.4. The minimum absolute atomic E-state index is 0.0890. The van der Waals surface area contributed by atoms with Crippen molar-refractivity contribution in [3.05, 3.63) is 0 Å². The van der Waals surface area contributed by atoms with Gasteiger partial charge in [0.25, 0.3) is 23.6 Å². The summed E-state index contributed by atoms with van der Waals surface area (Å²) in [5.74, 6) is -7.38. The first-order chi connectivity index (χ1) is 22.4. The van der Waals surface area contributed by atoms with Gasteiger partial charge in [-0.15, -0.1) is 0 Å². The van der Waals surface area contributed by atoms with Gasteiger partial charge in [0.2, 0.25) is 0 Å². The summed E-state index contributed by atoms with van der Waals surface area (Å²) in [6, 6.07) is -4.76. The standard InChI is InChI=1S/C32H52N4O12/c1-17(2)9-21-29(41)45-14-26(38)34-23(11-19(5)6)31(43)47-16-28(40)36-24(12-20(7)8)32(44)48-15-27(39)35-22(10-18(3)4)30(42)46-13-25(37)33-21/h17-24H,9-16H2,1-8H3,(H,33,37)(H,34,38)(H,35,39)(H,36,40). The molecule has 0 radical (unpaired) electrons. The van der Waals surface area contributed by atoms with Crippen LogP contribution in [0.15, 0.2) is 0 Å². The summed E-state index contributed by atoms with van der Waals surface area (Å²) in [4.78, 5) is 102. The number of rotatable bonds is 8. The summed E-state index contributed by atoms with van der Waals surface area (Å²) >= 11 is 0. The van der Waals surface area contributed by atoms with Crippen LogP contribution in [0.1, 0.15) is 81.1 Å². The highest BCUT2D eigenvalue weighted by molar-refractivity contribution is 5.92. The van der Waals surface area contributed by atoms with Crippen LogP contribution < -0.4 is 21.3 Å². The maximum absolute atomic E-state index is 12.9. The largest absolute Gasteiger partial charge is 0.454 e. The molecule has 16 nitrogen and oxygen atoms in total. The van der Waals surface area contributed by atoms with Gasteiger partial charge >= 0.3 is 23.9 Å². The van der Waals surface area contributed by atoms with Crippen LogP contribution in [0.2, 0.25) is 0 Å². The molecule has 4 amide bonds. The number of hydrogen-bond acceptors (Lipinski definition) is 12. The molecule has 1 aliphatic rings. The lowest BCUT2D eigenvalue weighted by Gasteiger charge is -2.23. The van der Waals surface area contributed by atoms with Crippen molar-refractivity contribution in [2.45, 2.75) is 105 Å². The van der Waals surface area contributed by atoms with Crippen LogP contribution >= 0.6 is 0 Å². The number of ether oxygens (including phenoxy) is 4. The number of hydrogen-bond donors (Lipinski definition) is 4. The van der Waals surface area contributed by atoms with Crippen molar-refractivity contribution in [3.8, 4) is 0 Å². The molecule has 0 aromatic carbocycles. The van der Waals surface area contributed by atoms with Crippen LogP contribution in [0, 0.1) is 23.7 Å². The van der Waals surface area contributed by atoms with Crippen LogP contribution in [-0.4, -0.2) is 98.1 Å². The maximum Gasteiger partial charge on any atom is 0.329 e. The Morgan fingerprint density at radius 1 is 0.396 bits per heavy atom. The van der Waals surface area contributed by atoms with Crippen LogP contribution in [0.5, 0.6) is 0 Å². The maximum atomic E-state index is 12.9. The molecule has 1 saturated heterocycles. The summed E-state index contributed by atoms with van der Waals surface area (Å²) in [7, 11) is 0. The normalized spacial score (nSPS) is 23.8. The zero-order valence-corrected chi connectivity index (χ0v) is 29.2. The molecule has 0 aromatic rings. The highest BCUT2D eigenvalue weighted by atomic mass is 16.6. The van der Waals surface area contributed by atoms with Gasteiger partial charge in [-0.3, -0.25) is 19.2 Å². The van der Waals surface area contributed by atoms with E-state index in [0.29, 0.717) is 0 Å². The van der Waals surface area contributed by atoms with E-state index in [-0.39, 0.29) is 49.4 Å². The van der Waals surface area contributed by atoms with E-state index in [0.717, 1.165) is 0 Å². The van der Waals surface area contributed by atoms with Crippen LogP contribution in [-0.2, 0) is 57.3 Å². The van der Waals surface area contributed by atoms with Crippen LogP contribution in [0.3, 0.4) is 0 Å². The number of cyclic esters (lactones) is 4. The van der Waals surface area contributed by atoms with Crippen molar-refractivity contribution < 1.29 is 57.3 Å². The molecular formula is C32H52N4O12. The van der Waals surface area contributed by atoms with E-state index in [2.05, 4.69) is 21.3 Å². The molecule has 0 saturated carbocycles. The highest BCUT2D eigenvalue weighted by Gasteiger charge is 2.30. The molecule has 1 aliphatic heterocycles. The molecule has 1 heterocycles. The molecule has 0 spiro atoms. The average molecular weight is 685 g/mol. The van der Waals surface area contributed by atoms with Gasteiger partial charge in [-0.2, -0.15) is 0 Å². The molecule has 1 rings (SSSR count). The lowest BCUT2D eigenvalue weighted by atomic mass is 10.0. The average Bonchev–Trinajstić information content (AvgIpc) is 2.97. The number of nitrogens with one attached hydrogen (secondary N) is 4. The number of carbonyl (C=O) groups excluding carboxylic acids is 8. The summed E-state index contributed by atoms with van der Waals surface area (Å²) in [6.45, 7) is 11.2. The number of amides is 4. The summed E-state index contributed by atoms with van der Waals surface area (Å²) in [6.07, 6.45) is 0.529. The molecule has 1 fully saturated rings. The molecule has 272 valence electrons. The van der Waals surface area contributed by atoms with E-state index >= 15 is 0 Å². The predicted molar refractivity (Wildman–Crippen MR) is 169 cm³/mol. The molecule has 4 N–H and O–H groups in total. The molecular weight excluding hydrogens is 632 g/mol. The van der Waals surface area contributed by atoms with Crippen molar-refractivity contribution in [1.82, 2.24) is 21.3 Å². The van der Waals surface area contributed by atoms with Gasteiger partial charge in [0.1, 0.15) is 24.2 Å². The SMILES string of the molecule is CC(C)CC1NC(=O)COC(=O)C(CC(C)C)NC(=O)COC(=O)C(CC(C)C)NC(=O)COC(=O)C(CC(C)C)NC(=O)COC1=O. The first-order valence-electron chi connectivity index (χ1n) is 16.2. The van der Waals surface area contributed by atoms with Crippen molar-refractivity contribution in [1.29, 1.82) is 0 Å². The minimum atomic E-state index is -1.19. The first-order valence-corrected chi connectivity index (χ1v) is 16.2. The second kappa shape index (κ2) is 20.9. The Labute approximate surface area is 281 Å². The lowest BCUT2D eigenvalue weighted by Crippen LogP contribution is -2.49. The molecule has 0 aliphatic carbocycles. The van der Waals surface area contributed by atoms with Crippen molar-refractivity contribution in [2.75, 3.05) is 26.4 Å². The van der Waals surface area contributed by atoms with Crippen molar-refractivity contribution in [3.63, 3.8) is 0 Å². The van der Waals surface area contributed by atoms with Crippen molar-refractivity contribution >= 4 is 47.5 Å². The number of carbonyl (C=O) groups is 8. The molecule has 4 atom stereocenters. The van der Waals surface area contributed by atoms with E-state index in [1.165, 1.54) is 0 Å². The lowest BCUT2D eigenvalue weighted by molar-refractivity contribution is -0.157. The predicted octanol–water partition coefficient (Wildman–Crippen LogP) is 0.296. The zero-order chi connectivity index (χ0) is 36.6. The summed E-state index contributed by atoms with van der Waals surface area (Å²) in [5.41, 5.74) is 0. The van der Waals surface area contributed by atoms with E-state index < -0.39 is 98.1 Å². The summed E-state index contributed by atoms with van der Waals surface area (Å²) < 4.78 is 20.5. The molecule has 0 bridgehead atoms. The van der Waals surface area contributed by atoms with Gasteiger partial charge in [-0.25, -0.2) is 19.2 Å². The molecule has 16 heteroatoms. The third-order valence-corrected chi connectivity index (χ3v) is 6.69. The Bertz CT molecular complexity index is 978.